The highest BCUT2D eigenvalue weighted by molar-refractivity contribution is 5.83. The van der Waals surface area contributed by atoms with Gasteiger partial charge in [-0.1, -0.05) is 12.8 Å². The van der Waals surface area contributed by atoms with Crippen LogP contribution in [0.2, 0.25) is 0 Å². The van der Waals surface area contributed by atoms with Crippen molar-refractivity contribution < 1.29 is 24.2 Å². The molecule has 1 saturated carbocycles. The number of methoxy groups -OCH3 is 1. The third-order valence-corrected chi connectivity index (χ3v) is 5.15. The molecule has 1 aliphatic carbocycles. The van der Waals surface area contributed by atoms with Crippen LogP contribution in [0.15, 0.2) is 0 Å². The number of hydrogen-bond acceptors (Lipinski definition) is 5. The zero-order valence-electron chi connectivity index (χ0n) is 14.8. The van der Waals surface area contributed by atoms with Gasteiger partial charge in [-0.2, -0.15) is 0 Å². The second kappa shape index (κ2) is 8.78. The van der Waals surface area contributed by atoms with Gasteiger partial charge in [0, 0.05) is 33.4 Å². The highest BCUT2D eigenvalue weighted by atomic mass is 16.5. The quantitative estimate of drug-likeness (QED) is 0.704. The van der Waals surface area contributed by atoms with Crippen LogP contribution in [0.1, 0.15) is 32.1 Å². The van der Waals surface area contributed by atoms with E-state index in [2.05, 4.69) is 0 Å². The first-order valence-corrected chi connectivity index (χ1v) is 8.77. The summed E-state index contributed by atoms with van der Waals surface area (Å²) in [4.78, 5) is 27.6. The average molecular weight is 342 g/mol. The first-order valence-electron chi connectivity index (χ1n) is 8.77. The summed E-state index contributed by atoms with van der Waals surface area (Å²) in [6, 6.07) is 0. The van der Waals surface area contributed by atoms with Gasteiger partial charge >= 0.3 is 5.97 Å². The molecule has 1 atom stereocenters. The molecule has 1 heterocycles. The van der Waals surface area contributed by atoms with E-state index < -0.39 is 5.97 Å². The molecule has 0 aromatic carbocycles. The van der Waals surface area contributed by atoms with Crippen LogP contribution < -0.4 is 0 Å². The maximum Gasteiger partial charge on any atom is 0.317 e. The van der Waals surface area contributed by atoms with Crippen LogP contribution in [0.5, 0.6) is 0 Å². The van der Waals surface area contributed by atoms with Crippen molar-refractivity contribution in [1.29, 1.82) is 0 Å². The van der Waals surface area contributed by atoms with Crippen LogP contribution in [-0.4, -0.2) is 86.4 Å². The van der Waals surface area contributed by atoms with E-state index in [9.17, 15) is 9.59 Å². The fourth-order valence-corrected chi connectivity index (χ4v) is 3.91. The second-order valence-electron chi connectivity index (χ2n) is 7.06. The lowest BCUT2D eigenvalue weighted by Crippen LogP contribution is -2.53. The summed E-state index contributed by atoms with van der Waals surface area (Å²) in [5, 5.41) is 8.85. The molecule has 2 fully saturated rings. The van der Waals surface area contributed by atoms with Crippen molar-refractivity contribution >= 4 is 11.9 Å². The first-order chi connectivity index (χ1) is 11.5. The molecule has 1 N–H and O–H groups in total. The van der Waals surface area contributed by atoms with Gasteiger partial charge in [0.05, 0.1) is 24.7 Å². The largest absolute Gasteiger partial charge is 0.480 e. The summed E-state index contributed by atoms with van der Waals surface area (Å²) in [5.41, 5.74) is -0.273. The van der Waals surface area contributed by atoms with Gasteiger partial charge in [0.2, 0.25) is 5.91 Å². The fraction of sp³-hybridized carbons (Fsp3) is 0.882. The maximum atomic E-state index is 13.1. The Balaban J connectivity index is 1.94. The van der Waals surface area contributed by atoms with Crippen molar-refractivity contribution in [1.82, 2.24) is 9.80 Å². The summed E-state index contributed by atoms with van der Waals surface area (Å²) >= 11 is 0. The zero-order valence-corrected chi connectivity index (χ0v) is 14.8. The number of hydrogen-bond donors (Lipinski definition) is 1. The van der Waals surface area contributed by atoms with E-state index in [-0.39, 0.29) is 24.0 Å². The van der Waals surface area contributed by atoms with E-state index in [1.165, 1.54) is 0 Å². The van der Waals surface area contributed by atoms with Crippen molar-refractivity contribution in [3.63, 3.8) is 0 Å². The Bertz CT molecular complexity index is 437. The molecule has 0 aromatic rings. The average Bonchev–Trinajstić information content (AvgIpc) is 3.01. The van der Waals surface area contributed by atoms with Gasteiger partial charge in [0.1, 0.15) is 0 Å². The van der Waals surface area contributed by atoms with Crippen molar-refractivity contribution in [2.45, 2.75) is 38.2 Å². The molecule has 138 valence electrons. The molecule has 24 heavy (non-hydrogen) atoms. The lowest BCUT2D eigenvalue weighted by Gasteiger charge is -2.39. The Hall–Kier alpha value is -1.18. The summed E-state index contributed by atoms with van der Waals surface area (Å²) in [6.07, 6.45) is 4.73. The SMILES string of the molecule is COCCC1(C(=O)N2CCOC(CN(C)CC(=O)O)C2)CCCC1. The van der Waals surface area contributed by atoms with Gasteiger partial charge < -0.3 is 19.5 Å². The standard InChI is InChI=1S/C17H30N2O5/c1-18(13-15(20)21)11-14-12-19(8-10-24-14)16(22)17(7-9-23-2)5-3-4-6-17/h14H,3-13H2,1-2H3,(H,20,21). The molecule has 0 aromatic heterocycles. The van der Waals surface area contributed by atoms with Crippen molar-refractivity contribution in [2.75, 3.05) is 53.6 Å². The van der Waals surface area contributed by atoms with E-state index >= 15 is 0 Å². The molecule has 1 amide bonds. The first kappa shape index (κ1) is 19.1. The monoisotopic (exact) mass is 342 g/mol. The van der Waals surface area contributed by atoms with E-state index in [0.29, 0.717) is 32.8 Å². The second-order valence-corrected chi connectivity index (χ2v) is 7.06. The molecule has 7 nitrogen and oxygen atoms in total. The maximum absolute atomic E-state index is 13.1. The lowest BCUT2D eigenvalue weighted by atomic mass is 9.81. The van der Waals surface area contributed by atoms with Crippen LogP contribution in [0.3, 0.4) is 0 Å². The van der Waals surface area contributed by atoms with Gasteiger partial charge in [-0.3, -0.25) is 14.5 Å². The number of rotatable bonds is 8. The van der Waals surface area contributed by atoms with Crippen molar-refractivity contribution in [2.24, 2.45) is 5.41 Å². The molecule has 0 radical (unpaired) electrons. The third kappa shape index (κ3) is 4.91. The fourth-order valence-electron chi connectivity index (χ4n) is 3.91. The molecule has 0 spiro atoms. The van der Waals surface area contributed by atoms with E-state index in [4.69, 9.17) is 14.6 Å². The molecule has 1 unspecified atom stereocenters. The van der Waals surface area contributed by atoms with Crippen molar-refractivity contribution in [3.05, 3.63) is 0 Å². The number of carboxylic acids is 1. The van der Waals surface area contributed by atoms with Gasteiger partial charge in [-0.25, -0.2) is 0 Å². The molecule has 2 rings (SSSR count). The number of likely N-dealkylation sites (N-methyl/N-ethyl adjacent to an activating group) is 1. The molecule has 1 aliphatic heterocycles. The van der Waals surface area contributed by atoms with Crippen LogP contribution in [-0.2, 0) is 19.1 Å². The van der Waals surface area contributed by atoms with Crippen LogP contribution >= 0.6 is 0 Å². The number of nitrogens with zero attached hydrogens (tertiary/aromatic N) is 2. The van der Waals surface area contributed by atoms with E-state index in [1.54, 1.807) is 19.1 Å². The van der Waals surface area contributed by atoms with Crippen molar-refractivity contribution in [3.8, 4) is 0 Å². The molecular formula is C17H30N2O5. The van der Waals surface area contributed by atoms with Crippen LogP contribution in [0, 0.1) is 5.41 Å². The Morgan fingerprint density at radius 3 is 2.71 bits per heavy atom. The summed E-state index contributed by atoms with van der Waals surface area (Å²) < 4.78 is 11.0. The number of ether oxygens (including phenoxy) is 2. The Labute approximate surface area is 143 Å². The molecule has 0 bridgehead atoms. The van der Waals surface area contributed by atoms with Crippen LogP contribution in [0.25, 0.3) is 0 Å². The Kier molecular flexibility index (Phi) is 7.01. The number of morpholine rings is 1. The highest BCUT2D eigenvalue weighted by Crippen LogP contribution is 2.43. The number of carbonyl (C=O) groups is 2. The molecule has 1 saturated heterocycles. The topological polar surface area (TPSA) is 79.3 Å². The third-order valence-electron chi connectivity index (χ3n) is 5.15. The number of amides is 1. The summed E-state index contributed by atoms with van der Waals surface area (Å²) in [5.74, 6) is -0.628. The Morgan fingerprint density at radius 1 is 1.38 bits per heavy atom. The number of carboxylic acid groups (broad SMARTS) is 1. The Morgan fingerprint density at radius 2 is 2.08 bits per heavy atom. The van der Waals surface area contributed by atoms with Gasteiger partial charge in [0.25, 0.3) is 0 Å². The minimum absolute atomic E-state index is 0.0222. The van der Waals surface area contributed by atoms with Gasteiger partial charge in [-0.15, -0.1) is 0 Å². The summed E-state index contributed by atoms with van der Waals surface area (Å²) in [6.45, 7) is 2.77. The zero-order chi connectivity index (χ0) is 17.6. The smallest absolute Gasteiger partial charge is 0.317 e. The lowest BCUT2D eigenvalue weighted by molar-refractivity contribution is -0.152. The minimum Gasteiger partial charge on any atom is -0.480 e. The predicted molar refractivity (Wildman–Crippen MR) is 88.8 cm³/mol. The number of carbonyl (C=O) groups excluding carboxylic acids is 1. The van der Waals surface area contributed by atoms with E-state index in [1.807, 2.05) is 4.90 Å². The number of aliphatic carboxylic acids is 1. The van der Waals surface area contributed by atoms with E-state index in [0.717, 1.165) is 32.1 Å². The van der Waals surface area contributed by atoms with Gasteiger partial charge in [-0.05, 0) is 26.3 Å². The minimum atomic E-state index is -0.856. The molecular weight excluding hydrogens is 312 g/mol. The highest BCUT2D eigenvalue weighted by Gasteiger charge is 2.44. The molecule has 2 aliphatic rings. The predicted octanol–water partition coefficient (Wildman–Crippen LogP) is 0.827. The van der Waals surface area contributed by atoms with Crippen LogP contribution in [0.4, 0.5) is 0 Å². The normalized spacial score (nSPS) is 23.6. The molecule has 7 heteroatoms. The van der Waals surface area contributed by atoms with Gasteiger partial charge in [0.15, 0.2) is 0 Å². The summed E-state index contributed by atoms with van der Waals surface area (Å²) in [7, 11) is 3.44.